The first kappa shape index (κ1) is 18.9. The Balaban J connectivity index is 2.29. The Bertz CT molecular complexity index is 736. The van der Waals surface area contributed by atoms with Gasteiger partial charge in [0.2, 0.25) is 0 Å². The highest BCUT2D eigenvalue weighted by molar-refractivity contribution is 8.13. The van der Waals surface area contributed by atoms with Gasteiger partial charge in [-0.15, -0.1) is 0 Å². The van der Waals surface area contributed by atoms with Crippen molar-refractivity contribution in [1.29, 1.82) is 5.41 Å². The fourth-order valence-electron chi connectivity index (χ4n) is 2.00. The lowest BCUT2D eigenvalue weighted by molar-refractivity contribution is 0.466. The van der Waals surface area contributed by atoms with E-state index in [4.69, 9.17) is 33.8 Å². The molecule has 0 aliphatic rings. The molecule has 0 aromatic heterocycles. The lowest BCUT2D eigenvalue weighted by Gasteiger charge is -2.15. The van der Waals surface area contributed by atoms with E-state index in [2.05, 4.69) is 5.32 Å². The van der Waals surface area contributed by atoms with Gasteiger partial charge in [-0.25, -0.2) is 8.78 Å². The smallest absolute Gasteiger partial charge is 0.163 e. The second-order valence-electron chi connectivity index (χ2n) is 4.98. The van der Waals surface area contributed by atoms with Crippen molar-refractivity contribution in [2.75, 3.05) is 0 Å². The topological polar surface area (TPSA) is 97.2 Å². The largest absolute Gasteiger partial charge is 0.457 e. The Morgan fingerprint density at radius 1 is 1.08 bits per heavy atom. The molecule has 0 amide bonds. The van der Waals surface area contributed by atoms with E-state index in [-0.39, 0.29) is 22.6 Å². The SMILES string of the molecule is N=C(N)SCc1cc(F)ccc1Oc1ccc(F)cc1CNC(N)=S. The maximum atomic E-state index is 13.5. The van der Waals surface area contributed by atoms with E-state index in [9.17, 15) is 8.78 Å². The predicted molar refractivity (Wildman–Crippen MR) is 99.7 cm³/mol. The predicted octanol–water partition coefficient (Wildman–Crippen LogP) is 3.22. The van der Waals surface area contributed by atoms with Crippen LogP contribution in [-0.4, -0.2) is 10.3 Å². The van der Waals surface area contributed by atoms with Crippen LogP contribution in [-0.2, 0) is 12.3 Å². The molecule has 0 saturated carbocycles. The summed E-state index contributed by atoms with van der Waals surface area (Å²) >= 11 is 5.80. The van der Waals surface area contributed by atoms with Gasteiger partial charge in [-0.1, -0.05) is 11.8 Å². The molecule has 5 nitrogen and oxygen atoms in total. The summed E-state index contributed by atoms with van der Waals surface area (Å²) in [5, 5.41) is 10.0. The monoisotopic (exact) mass is 382 g/mol. The second-order valence-corrected chi connectivity index (χ2v) is 6.43. The molecule has 2 rings (SSSR count). The minimum Gasteiger partial charge on any atom is -0.457 e. The zero-order chi connectivity index (χ0) is 18.4. The van der Waals surface area contributed by atoms with Crippen LogP contribution in [0.4, 0.5) is 8.78 Å². The number of rotatable bonds is 6. The quantitative estimate of drug-likeness (QED) is 0.348. The number of halogens is 2. The zero-order valence-electron chi connectivity index (χ0n) is 13.0. The summed E-state index contributed by atoms with van der Waals surface area (Å²) in [6.07, 6.45) is 0. The summed E-state index contributed by atoms with van der Waals surface area (Å²) in [6.45, 7) is 0.182. The Morgan fingerprint density at radius 3 is 2.20 bits per heavy atom. The molecule has 0 saturated heterocycles. The van der Waals surface area contributed by atoms with Gasteiger partial charge in [-0.2, -0.15) is 0 Å². The van der Waals surface area contributed by atoms with Crippen molar-refractivity contribution in [1.82, 2.24) is 5.32 Å². The van der Waals surface area contributed by atoms with E-state index in [1.807, 2.05) is 0 Å². The number of nitrogens with one attached hydrogen (secondary N) is 2. The number of thiocarbonyl (C=S) groups is 1. The van der Waals surface area contributed by atoms with Gasteiger partial charge in [0.25, 0.3) is 0 Å². The Morgan fingerprint density at radius 2 is 1.64 bits per heavy atom. The molecule has 0 aliphatic carbocycles. The number of amidine groups is 1. The number of nitrogens with two attached hydrogens (primary N) is 2. The average molecular weight is 382 g/mol. The van der Waals surface area contributed by atoms with Crippen molar-refractivity contribution in [2.45, 2.75) is 12.3 Å². The van der Waals surface area contributed by atoms with E-state index in [1.165, 1.54) is 36.4 Å². The molecule has 6 N–H and O–H groups in total. The van der Waals surface area contributed by atoms with Gasteiger partial charge < -0.3 is 21.5 Å². The van der Waals surface area contributed by atoms with Gasteiger partial charge >= 0.3 is 0 Å². The molecule has 0 heterocycles. The van der Waals surface area contributed by atoms with Crippen LogP contribution in [0.15, 0.2) is 36.4 Å². The summed E-state index contributed by atoms with van der Waals surface area (Å²) in [5.74, 6) is 0.174. The molecule has 0 aliphatic heterocycles. The number of hydrogen-bond donors (Lipinski definition) is 4. The molecule has 0 bridgehead atoms. The number of benzene rings is 2. The number of hydrogen-bond acceptors (Lipinski definition) is 4. The average Bonchev–Trinajstić information content (AvgIpc) is 2.54. The lowest BCUT2D eigenvalue weighted by Crippen LogP contribution is -2.28. The van der Waals surface area contributed by atoms with Crippen molar-refractivity contribution >= 4 is 34.3 Å². The van der Waals surface area contributed by atoms with Crippen LogP contribution in [0.1, 0.15) is 11.1 Å². The Hall–Kier alpha value is -2.39. The molecule has 0 fully saturated rings. The normalized spacial score (nSPS) is 10.3. The van der Waals surface area contributed by atoms with Gasteiger partial charge in [-0.3, -0.25) is 5.41 Å². The van der Waals surface area contributed by atoms with Crippen LogP contribution in [0.25, 0.3) is 0 Å². The van der Waals surface area contributed by atoms with Crippen LogP contribution in [0.3, 0.4) is 0 Å². The minimum atomic E-state index is -0.432. The molecule has 132 valence electrons. The lowest BCUT2D eigenvalue weighted by atomic mass is 10.1. The highest BCUT2D eigenvalue weighted by Gasteiger charge is 2.12. The van der Waals surface area contributed by atoms with Gasteiger partial charge in [0, 0.05) is 23.4 Å². The van der Waals surface area contributed by atoms with Crippen LogP contribution >= 0.6 is 24.0 Å². The van der Waals surface area contributed by atoms with Crippen molar-refractivity contribution in [3.05, 3.63) is 59.2 Å². The molecule has 2 aromatic rings. The molecule has 0 spiro atoms. The summed E-state index contributed by atoms with van der Waals surface area (Å²) in [6, 6.07) is 8.06. The van der Waals surface area contributed by atoms with Crippen molar-refractivity contribution < 1.29 is 13.5 Å². The third-order valence-corrected chi connectivity index (χ3v) is 4.01. The van der Waals surface area contributed by atoms with Gasteiger partial charge in [0.05, 0.1) is 0 Å². The van der Waals surface area contributed by atoms with Gasteiger partial charge in [0.15, 0.2) is 10.3 Å². The van der Waals surface area contributed by atoms with E-state index in [0.717, 1.165) is 11.8 Å². The second kappa shape index (κ2) is 8.63. The first-order valence-electron chi connectivity index (χ1n) is 7.10. The van der Waals surface area contributed by atoms with Crippen LogP contribution in [0.5, 0.6) is 11.5 Å². The third kappa shape index (κ3) is 5.87. The maximum absolute atomic E-state index is 13.5. The fourth-order valence-corrected chi connectivity index (χ4v) is 2.61. The highest BCUT2D eigenvalue weighted by atomic mass is 32.2. The molecule has 0 radical (unpaired) electrons. The molecule has 25 heavy (non-hydrogen) atoms. The van der Waals surface area contributed by atoms with Crippen molar-refractivity contribution in [3.8, 4) is 11.5 Å². The fraction of sp³-hybridized carbons (Fsp3) is 0.125. The Labute approximate surface area is 153 Å². The van der Waals surface area contributed by atoms with Crippen LogP contribution < -0.4 is 21.5 Å². The van der Waals surface area contributed by atoms with E-state index >= 15 is 0 Å². The Kier molecular flexibility index (Phi) is 6.54. The van der Waals surface area contributed by atoms with Crippen LogP contribution in [0, 0.1) is 17.0 Å². The van der Waals surface area contributed by atoms with E-state index in [1.54, 1.807) is 0 Å². The van der Waals surface area contributed by atoms with Gasteiger partial charge in [-0.05, 0) is 48.6 Å². The summed E-state index contributed by atoms with van der Waals surface area (Å²) in [7, 11) is 0. The molecule has 0 unspecified atom stereocenters. The maximum Gasteiger partial charge on any atom is 0.163 e. The number of thioether (sulfide) groups is 1. The van der Waals surface area contributed by atoms with E-state index < -0.39 is 11.6 Å². The molecular formula is C16H16F2N4OS2. The first-order valence-corrected chi connectivity index (χ1v) is 8.49. The molecule has 2 aromatic carbocycles. The van der Waals surface area contributed by atoms with Gasteiger partial charge in [0.1, 0.15) is 23.1 Å². The van der Waals surface area contributed by atoms with E-state index in [0.29, 0.717) is 22.6 Å². The molecule has 9 heteroatoms. The standard InChI is InChI=1S/C16H16F2N4OS2/c17-11-1-3-13(9(5-11)7-22-16(21)24)23-14-4-2-12(18)6-10(14)8-25-15(19)20/h1-6H,7-8H2,(H3,19,20)(H3,21,22,24). The minimum absolute atomic E-state index is 0.0792. The molecule has 0 atom stereocenters. The highest BCUT2D eigenvalue weighted by Crippen LogP contribution is 2.31. The summed E-state index contributed by atoms with van der Waals surface area (Å²) < 4.78 is 32.9. The van der Waals surface area contributed by atoms with Crippen molar-refractivity contribution in [3.63, 3.8) is 0 Å². The third-order valence-electron chi connectivity index (χ3n) is 3.10. The number of ether oxygens (including phenoxy) is 1. The molecular weight excluding hydrogens is 366 g/mol. The summed E-state index contributed by atoms with van der Waals surface area (Å²) in [5.41, 5.74) is 11.8. The summed E-state index contributed by atoms with van der Waals surface area (Å²) in [4.78, 5) is 0. The van der Waals surface area contributed by atoms with Crippen molar-refractivity contribution in [2.24, 2.45) is 11.5 Å². The first-order chi connectivity index (χ1) is 11.8. The van der Waals surface area contributed by atoms with Crippen LogP contribution in [0.2, 0.25) is 0 Å². The zero-order valence-corrected chi connectivity index (χ0v) is 14.6.